The fraction of sp³-hybridized carbons (Fsp3) is 0.250. The number of hydrazone groups is 1. The molecule has 0 aliphatic heterocycles. The number of hydrogen-bond donors (Lipinski definition) is 2. The summed E-state index contributed by atoms with van der Waals surface area (Å²) in [6.07, 6.45) is -2.63. The number of nitrogens with zero attached hydrogens (tertiary/aromatic N) is 1. The average molecular weight is 426 g/mol. The normalized spacial score (nSPS) is 11.5. The Morgan fingerprint density at radius 3 is 2.38 bits per heavy atom. The molecule has 2 rings (SSSR count). The van der Waals surface area contributed by atoms with Crippen LogP contribution in [0.4, 0.5) is 18.9 Å². The van der Waals surface area contributed by atoms with Crippen molar-refractivity contribution in [3.8, 4) is 0 Å². The van der Waals surface area contributed by atoms with Gasteiger partial charge in [0.2, 0.25) is 11.8 Å². The molecule has 0 saturated carbocycles. The quantitative estimate of drug-likeness (QED) is 0.488. The molecule has 5 nitrogen and oxygen atoms in total. The van der Waals surface area contributed by atoms with Gasteiger partial charge in [-0.2, -0.15) is 18.3 Å². The van der Waals surface area contributed by atoms with Gasteiger partial charge in [0, 0.05) is 23.6 Å². The zero-order valence-corrected chi connectivity index (χ0v) is 16.3. The topological polar surface area (TPSA) is 70.6 Å². The Bertz CT molecular complexity index is 897. The number of anilines is 1. The van der Waals surface area contributed by atoms with Gasteiger partial charge in [0.1, 0.15) is 0 Å². The maximum atomic E-state index is 12.5. The zero-order valence-electron chi connectivity index (χ0n) is 15.5. The first-order valence-corrected chi connectivity index (χ1v) is 9.09. The third kappa shape index (κ3) is 7.23. The molecule has 0 radical (unpaired) electrons. The number of benzene rings is 2. The van der Waals surface area contributed by atoms with Crippen molar-refractivity contribution in [3.63, 3.8) is 0 Å². The summed E-state index contributed by atoms with van der Waals surface area (Å²) < 4.78 is 37.5. The second-order valence-corrected chi connectivity index (χ2v) is 6.63. The first kappa shape index (κ1) is 22.4. The van der Waals surface area contributed by atoms with E-state index in [0.717, 1.165) is 17.7 Å². The van der Waals surface area contributed by atoms with Crippen molar-refractivity contribution in [2.75, 3.05) is 5.32 Å². The van der Waals surface area contributed by atoms with E-state index in [1.165, 1.54) is 18.3 Å². The molecule has 0 saturated heterocycles. The lowest BCUT2D eigenvalue weighted by Gasteiger charge is -2.09. The first-order chi connectivity index (χ1) is 13.7. The highest BCUT2D eigenvalue weighted by Crippen LogP contribution is 2.28. The minimum Gasteiger partial charge on any atom is -0.326 e. The Balaban J connectivity index is 1.72. The van der Waals surface area contributed by atoms with Gasteiger partial charge < -0.3 is 5.32 Å². The molecule has 2 aromatic carbocycles. The fourth-order valence-corrected chi connectivity index (χ4v) is 2.53. The van der Waals surface area contributed by atoms with Crippen molar-refractivity contribution in [2.45, 2.75) is 32.4 Å². The second-order valence-electron chi connectivity index (χ2n) is 6.23. The molecular formula is C20H19ClF3N3O2. The Labute approximate surface area is 170 Å². The third-order valence-electron chi connectivity index (χ3n) is 3.99. The Hall–Kier alpha value is -2.87. The fourth-order valence-electron chi connectivity index (χ4n) is 2.36. The predicted octanol–water partition coefficient (Wildman–Crippen LogP) is 4.93. The Morgan fingerprint density at radius 1 is 1.07 bits per heavy atom. The van der Waals surface area contributed by atoms with Gasteiger partial charge in [-0.3, -0.25) is 9.59 Å². The lowest BCUT2D eigenvalue weighted by molar-refractivity contribution is -0.137. The largest absolute Gasteiger partial charge is 0.416 e. The minimum absolute atomic E-state index is 0.0757. The summed E-state index contributed by atoms with van der Waals surface area (Å²) in [5, 5.41) is 6.99. The molecule has 2 aromatic rings. The highest BCUT2D eigenvalue weighted by molar-refractivity contribution is 6.31. The number of halogens is 4. The Morgan fingerprint density at radius 2 is 1.72 bits per heavy atom. The van der Waals surface area contributed by atoms with E-state index < -0.39 is 17.6 Å². The molecule has 154 valence electrons. The molecule has 0 fully saturated rings. The van der Waals surface area contributed by atoms with Crippen LogP contribution in [-0.4, -0.2) is 18.0 Å². The van der Waals surface area contributed by atoms with Gasteiger partial charge in [-0.05, 0) is 48.7 Å². The molecule has 0 aromatic heterocycles. The number of alkyl halides is 3. The molecule has 0 atom stereocenters. The Kier molecular flexibility index (Phi) is 7.78. The van der Waals surface area contributed by atoms with Gasteiger partial charge in [-0.25, -0.2) is 5.43 Å². The summed E-state index contributed by atoms with van der Waals surface area (Å²) in [5.41, 5.74) is 3.31. The van der Waals surface area contributed by atoms with E-state index in [4.69, 9.17) is 11.6 Å². The number of nitrogens with one attached hydrogen (secondary N) is 2. The highest BCUT2D eigenvalue weighted by atomic mass is 35.5. The third-order valence-corrected chi connectivity index (χ3v) is 4.40. The zero-order chi connectivity index (χ0) is 21.4. The van der Waals surface area contributed by atoms with Crippen LogP contribution in [0.25, 0.3) is 0 Å². The van der Waals surface area contributed by atoms with Crippen LogP contribution < -0.4 is 10.7 Å². The van der Waals surface area contributed by atoms with Crippen LogP contribution in [0.2, 0.25) is 5.02 Å². The monoisotopic (exact) mass is 425 g/mol. The molecule has 0 aliphatic rings. The van der Waals surface area contributed by atoms with E-state index in [2.05, 4.69) is 15.8 Å². The molecule has 2 amide bonds. The second kappa shape index (κ2) is 10.1. The lowest BCUT2D eigenvalue weighted by Crippen LogP contribution is -2.18. The molecule has 0 aliphatic carbocycles. The molecule has 2 N–H and O–H groups in total. The number of carbonyl (C=O) groups excluding carboxylic acids is 2. The summed E-state index contributed by atoms with van der Waals surface area (Å²) in [7, 11) is 0. The molecular weight excluding hydrogens is 407 g/mol. The summed E-state index contributed by atoms with van der Waals surface area (Å²) in [6.45, 7) is 1.79. The van der Waals surface area contributed by atoms with E-state index in [-0.39, 0.29) is 18.7 Å². The number of amides is 2. The van der Waals surface area contributed by atoms with E-state index in [1.807, 2.05) is 0 Å². The molecule has 29 heavy (non-hydrogen) atoms. The molecule has 0 spiro atoms. The summed E-state index contributed by atoms with van der Waals surface area (Å²) in [4.78, 5) is 23.7. The van der Waals surface area contributed by atoms with Gasteiger partial charge in [-0.1, -0.05) is 29.8 Å². The number of rotatable bonds is 7. The summed E-state index contributed by atoms with van der Waals surface area (Å²) >= 11 is 6.00. The van der Waals surface area contributed by atoms with Crippen LogP contribution in [0.5, 0.6) is 0 Å². The van der Waals surface area contributed by atoms with E-state index in [0.29, 0.717) is 22.7 Å². The van der Waals surface area contributed by atoms with Crippen LogP contribution in [0, 0.1) is 6.92 Å². The van der Waals surface area contributed by atoms with Gasteiger partial charge in [0.05, 0.1) is 11.8 Å². The van der Waals surface area contributed by atoms with Crippen LogP contribution in [0.3, 0.4) is 0 Å². The minimum atomic E-state index is -4.40. The number of carbonyl (C=O) groups is 2. The van der Waals surface area contributed by atoms with Crippen molar-refractivity contribution >= 4 is 35.3 Å². The molecule has 0 unspecified atom stereocenters. The molecule has 9 heteroatoms. The van der Waals surface area contributed by atoms with Crippen molar-refractivity contribution in [1.29, 1.82) is 0 Å². The van der Waals surface area contributed by atoms with E-state index in [1.54, 1.807) is 25.1 Å². The smallest absolute Gasteiger partial charge is 0.326 e. The number of hydrogen-bond acceptors (Lipinski definition) is 3. The van der Waals surface area contributed by atoms with Gasteiger partial charge in [0.25, 0.3) is 0 Å². The predicted molar refractivity (Wildman–Crippen MR) is 106 cm³/mol. The SMILES string of the molecule is Cc1c(Cl)cccc1NC(=O)CCCC(=O)N/N=C\c1ccc(C(F)(F)F)cc1. The highest BCUT2D eigenvalue weighted by Gasteiger charge is 2.29. The van der Waals surface area contributed by atoms with Crippen molar-refractivity contribution in [3.05, 3.63) is 64.2 Å². The van der Waals surface area contributed by atoms with Gasteiger partial charge in [-0.15, -0.1) is 0 Å². The van der Waals surface area contributed by atoms with Crippen LogP contribution in [-0.2, 0) is 15.8 Å². The van der Waals surface area contributed by atoms with E-state index in [9.17, 15) is 22.8 Å². The van der Waals surface area contributed by atoms with Crippen molar-refractivity contribution in [1.82, 2.24) is 5.43 Å². The van der Waals surface area contributed by atoms with Gasteiger partial charge >= 0.3 is 6.18 Å². The summed E-state index contributed by atoms with van der Waals surface area (Å²) in [5.74, 6) is -0.642. The molecule has 0 bridgehead atoms. The average Bonchev–Trinajstić information content (AvgIpc) is 2.65. The maximum absolute atomic E-state index is 12.5. The van der Waals surface area contributed by atoms with Crippen molar-refractivity contribution < 1.29 is 22.8 Å². The van der Waals surface area contributed by atoms with Crippen LogP contribution in [0.1, 0.15) is 36.0 Å². The first-order valence-electron chi connectivity index (χ1n) is 8.71. The lowest BCUT2D eigenvalue weighted by atomic mass is 10.1. The van der Waals surface area contributed by atoms with Gasteiger partial charge in [0.15, 0.2) is 0 Å². The summed E-state index contributed by atoms with van der Waals surface area (Å²) in [6, 6.07) is 9.56. The maximum Gasteiger partial charge on any atom is 0.416 e. The van der Waals surface area contributed by atoms with Crippen molar-refractivity contribution in [2.24, 2.45) is 5.10 Å². The standard InChI is InChI=1S/C20H19ClF3N3O2/c1-13-16(21)4-2-5-17(13)26-18(28)6-3-7-19(29)27-25-12-14-8-10-15(11-9-14)20(22,23)24/h2,4-5,8-12H,3,6-7H2,1H3,(H,26,28)(H,27,29)/b25-12-. The van der Waals surface area contributed by atoms with Crippen LogP contribution >= 0.6 is 11.6 Å². The van der Waals surface area contributed by atoms with Crippen LogP contribution in [0.15, 0.2) is 47.6 Å². The van der Waals surface area contributed by atoms with E-state index >= 15 is 0 Å². The molecule has 0 heterocycles.